The van der Waals surface area contributed by atoms with E-state index in [-0.39, 0.29) is 17.7 Å². The number of carbonyl (C=O) groups excluding carboxylic acids is 3. The molecule has 3 fully saturated rings. The van der Waals surface area contributed by atoms with Crippen molar-refractivity contribution in [3.63, 3.8) is 0 Å². The summed E-state index contributed by atoms with van der Waals surface area (Å²) in [5, 5.41) is 0. The summed E-state index contributed by atoms with van der Waals surface area (Å²) in [5.74, 6) is -0.351. The summed E-state index contributed by atoms with van der Waals surface area (Å²) >= 11 is 0. The molecule has 21 heavy (non-hydrogen) atoms. The normalized spacial score (nSPS) is 28.8. The molecule has 1 unspecified atom stereocenters. The molecule has 0 bridgehead atoms. The average Bonchev–Trinajstić information content (AvgIpc) is 2.92. The Morgan fingerprint density at radius 3 is 2.57 bits per heavy atom. The lowest BCUT2D eigenvalue weighted by atomic mass is 9.73. The van der Waals surface area contributed by atoms with Gasteiger partial charge in [-0.05, 0) is 19.3 Å². The van der Waals surface area contributed by atoms with Gasteiger partial charge in [-0.3, -0.25) is 19.3 Å². The third kappa shape index (κ3) is 2.19. The molecule has 5 nitrogen and oxygen atoms in total. The summed E-state index contributed by atoms with van der Waals surface area (Å²) < 4.78 is 0. The third-order valence-corrected chi connectivity index (χ3v) is 5.17. The second-order valence-corrected chi connectivity index (χ2v) is 6.46. The number of carbonyl (C=O) groups is 3. The van der Waals surface area contributed by atoms with Crippen LogP contribution in [0.1, 0.15) is 44.9 Å². The molecule has 3 amide bonds. The van der Waals surface area contributed by atoms with Crippen molar-refractivity contribution in [1.82, 2.24) is 9.80 Å². The minimum atomic E-state index is -0.578. The van der Waals surface area contributed by atoms with Crippen molar-refractivity contribution in [1.29, 1.82) is 0 Å². The molecule has 2 heterocycles. The van der Waals surface area contributed by atoms with Gasteiger partial charge in [-0.1, -0.05) is 25.3 Å². The van der Waals surface area contributed by atoms with Crippen LogP contribution < -0.4 is 0 Å². The molecular weight excluding hydrogens is 268 g/mol. The summed E-state index contributed by atoms with van der Waals surface area (Å²) in [4.78, 5) is 40.5. The van der Waals surface area contributed by atoms with Crippen molar-refractivity contribution in [3.05, 3.63) is 12.7 Å². The maximum absolute atomic E-state index is 12.8. The molecule has 5 heteroatoms. The Hall–Kier alpha value is -1.65. The molecule has 3 aliphatic rings. The molecule has 1 aliphatic carbocycles. The van der Waals surface area contributed by atoms with E-state index < -0.39 is 11.5 Å². The van der Waals surface area contributed by atoms with Crippen LogP contribution in [0.4, 0.5) is 0 Å². The van der Waals surface area contributed by atoms with Crippen molar-refractivity contribution in [2.75, 3.05) is 13.1 Å². The second kappa shape index (κ2) is 5.28. The quantitative estimate of drug-likeness (QED) is 0.584. The Morgan fingerprint density at radius 1 is 1.19 bits per heavy atom. The summed E-state index contributed by atoms with van der Waals surface area (Å²) in [5.41, 5.74) is -0.499. The number of likely N-dealkylation sites (tertiary alicyclic amines) is 2. The van der Waals surface area contributed by atoms with Crippen LogP contribution in [0.2, 0.25) is 0 Å². The van der Waals surface area contributed by atoms with E-state index in [4.69, 9.17) is 0 Å². The standard InChI is InChI=1S/C16H22N2O3/c1-2-9-17-10-6-12(14(17)20)18-13(19)11-16(15(18)21)7-4-3-5-8-16/h2,12H,1,3-11H2. The first kappa shape index (κ1) is 14.3. The molecule has 2 saturated heterocycles. The Labute approximate surface area is 125 Å². The minimum absolute atomic E-state index is 0.0917. The van der Waals surface area contributed by atoms with Crippen LogP contribution in [0.25, 0.3) is 0 Å². The zero-order valence-electron chi connectivity index (χ0n) is 12.3. The predicted octanol–water partition coefficient (Wildman–Crippen LogP) is 1.48. The lowest BCUT2D eigenvalue weighted by Crippen LogP contribution is -2.47. The highest BCUT2D eigenvalue weighted by Crippen LogP contribution is 2.46. The van der Waals surface area contributed by atoms with Crippen molar-refractivity contribution in [2.24, 2.45) is 5.41 Å². The highest BCUT2D eigenvalue weighted by Gasteiger charge is 2.55. The fraction of sp³-hybridized carbons (Fsp3) is 0.688. The molecular formula is C16H22N2O3. The number of amides is 3. The van der Waals surface area contributed by atoms with Crippen LogP contribution in [0, 0.1) is 5.41 Å². The van der Waals surface area contributed by atoms with Crippen molar-refractivity contribution >= 4 is 17.7 Å². The number of rotatable bonds is 3. The van der Waals surface area contributed by atoms with Crippen LogP contribution in [0.3, 0.4) is 0 Å². The second-order valence-electron chi connectivity index (χ2n) is 6.46. The maximum atomic E-state index is 12.8. The lowest BCUT2D eigenvalue weighted by Gasteiger charge is -2.31. The smallest absolute Gasteiger partial charge is 0.246 e. The van der Waals surface area contributed by atoms with Gasteiger partial charge in [0, 0.05) is 19.5 Å². The SMILES string of the molecule is C=CCN1CCC(N2C(=O)CC3(CCCCC3)C2=O)C1=O. The summed E-state index contributed by atoms with van der Waals surface area (Å²) in [6, 6.07) is -0.578. The van der Waals surface area contributed by atoms with Gasteiger partial charge in [0.05, 0.1) is 5.41 Å². The number of hydrogen-bond donors (Lipinski definition) is 0. The first-order chi connectivity index (χ1) is 10.1. The first-order valence-corrected chi connectivity index (χ1v) is 7.85. The Morgan fingerprint density at radius 2 is 1.90 bits per heavy atom. The Balaban J connectivity index is 1.80. The van der Waals surface area contributed by atoms with Crippen LogP contribution in [-0.2, 0) is 14.4 Å². The van der Waals surface area contributed by atoms with Crippen molar-refractivity contribution < 1.29 is 14.4 Å². The largest absolute Gasteiger partial charge is 0.337 e. The Bertz CT molecular complexity index is 494. The molecule has 0 aromatic heterocycles. The van der Waals surface area contributed by atoms with Crippen LogP contribution in [0.5, 0.6) is 0 Å². The number of hydrogen-bond acceptors (Lipinski definition) is 3. The molecule has 0 N–H and O–H groups in total. The first-order valence-electron chi connectivity index (χ1n) is 7.85. The average molecular weight is 290 g/mol. The molecule has 0 aromatic carbocycles. The molecule has 0 aromatic rings. The van der Waals surface area contributed by atoms with Gasteiger partial charge in [-0.2, -0.15) is 0 Å². The van der Waals surface area contributed by atoms with Gasteiger partial charge in [0.15, 0.2) is 0 Å². The molecule has 0 radical (unpaired) electrons. The third-order valence-electron chi connectivity index (χ3n) is 5.17. The van der Waals surface area contributed by atoms with E-state index in [1.165, 1.54) is 4.90 Å². The fourth-order valence-electron chi connectivity index (χ4n) is 4.05. The van der Waals surface area contributed by atoms with Gasteiger partial charge in [-0.15, -0.1) is 6.58 Å². The van der Waals surface area contributed by atoms with Gasteiger partial charge >= 0.3 is 0 Å². The molecule has 1 spiro atoms. The topological polar surface area (TPSA) is 57.7 Å². The summed E-state index contributed by atoms with van der Waals surface area (Å²) in [7, 11) is 0. The molecule has 114 valence electrons. The van der Waals surface area contributed by atoms with E-state index in [9.17, 15) is 14.4 Å². The molecule has 3 rings (SSSR count). The minimum Gasteiger partial charge on any atom is -0.337 e. The van der Waals surface area contributed by atoms with Gasteiger partial charge in [0.2, 0.25) is 17.7 Å². The fourth-order valence-corrected chi connectivity index (χ4v) is 4.05. The Kier molecular flexibility index (Phi) is 3.59. The van der Waals surface area contributed by atoms with Gasteiger partial charge in [0.1, 0.15) is 6.04 Å². The van der Waals surface area contributed by atoms with Gasteiger partial charge in [0.25, 0.3) is 0 Å². The van der Waals surface area contributed by atoms with E-state index >= 15 is 0 Å². The van der Waals surface area contributed by atoms with Crippen LogP contribution in [0.15, 0.2) is 12.7 Å². The molecule has 1 atom stereocenters. The van der Waals surface area contributed by atoms with E-state index in [2.05, 4.69) is 6.58 Å². The highest BCUT2D eigenvalue weighted by molar-refractivity contribution is 6.09. The van der Waals surface area contributed by atoms with Crippen LogP contribution in [-0.4, -0.2) is 46.7 Å². The number of imide groups is 1. The maximum Gasteiger partial charge on any atom is 0.246 e. The lowest BCUT2D eigenvalue weighted by molar-refractivity contribution is -0.150. The molecule has 2 aliphatic heterocycles. The van der Waals surface area contributed by atoms with Gasteiger partial charge < -0.3 is 4.90 Å². The van der Waals surface area contributed by atoms with E-state index in [0.29, 0.717) is 25.9 Å². The zero-order chi connectivity index (χ0) is 15.0. The van der Waals surface area contributed by atoms with E-state index in [0.717, 1.165) is 32.1 Å². The van der Waals surface area contributed by atoms with E-state index in [1.54, 1.807) is 11.0 Å². The summed E-state index contributed by atoms with van der Waals surface area (Å²) in [6.45, 7) is 4.72. The molecule has 1 saturated carbocycles. The summed E-state index contributed by atoms with van der Waals surface area (Å²) in [6.07, 6.45) is 7.28. The highest BCUT2D eigenvalue weighted by atomic mass is 16.2. The van der Waals surface area contributed by atoms with Gasteiger partial charge in [-0.25, -0.2) is 0 Å². The zero-order valence-corrected chi connectivity index (χ0v) is 12.3. The number of nitrogens with zero attached hydrogens (tertiary/aromatic N) is 2. The monoisotopic (exact) mass is 290 g/mol. The van der Waals surface area contributed by atoms with Crippen LogP contribution >= 0.6 is 0 Å². The van der Waals surface area contributed by atoms with E-state index in [1.807, 2.05) is 0 Å². The van der Waals surface area contributed by atoms with Crippen molar-refractivity contribution in [2.45, 2.75) is 51.0 Å². The predicted molar refractivity (Wildman–Crippen MR) is 77.2 cm³/mol. The van der Waals surface area contributed by atoms with Crippen molar-refractivity contribution in [3.8, 4) is 0 Å².